The third kappa shape index (κ3) is 6.40. The monoisotopic (exact) mass is 275 g/mol. The number of anilines is 1. The number of halogens is 3. The molecule has 1 rings (SSSR count). The molecule has 108 valence electrons. The summed E-state index contributed by atoms with van der Waals surface area (Å²) in [6.45, 7) is 2.89. The molecule has 1 heterocycles. The first-order valence-electron chi connectivity index (χ1n) is 6.69. The fourth-order valence-electron chi connectivity index (χ4n) is 1.70. The minimum Gasteiger partial charge on any atom is -0.369 e. The number of hydrogen-bond acceptors (Lipinski definition) is 3. The van der Waals surface area contributed by atoms with E-state index in [9.17, 15) is 13.2 Å². The summed E-state index contributed by atoms with van der Waals surface area (Å²) in [5.41, 5.74) is -0.961. The quantitative estimate of drug-likeness (QED) is 0.720. The van der Waals surface area contributed by atoms with Crippen molar-refractivity contribution in [1.82, 2.24) is 10.2 Å². The summed E-state index contributed by atoms with van der Waals surface area (Å²) < 4.78 is 36.8. The van der Waals surface area contributed by atoms with Gasteiger partial charge in [0, 0.05) is 6.54 Å². The van der Waals surface area contributed by atoms with Gasteiger partial charge in [0.25, 0.3) is 0 Å². The molecule has 0 spiro atoms. The zero-order chi connectivity index (χ0) is 14.1. The summed E-state index contributed by atoms with van der Waals surface area (Å²) >= 11 is 0. The second-order valence-electron chi connectivity index (χ2n) is 4.50. The van der Waals surface area contributed by atoms with E-state index >= 15 is 0 Å². The molecular weight excluding hydrogens is 255 g/mol. The van der Waals surface area contributed by atoms with Gasteiger partial charge < -0.3 is 5.32 Å². The van der Waals surface area contributed by atoms with Crippen molar-refractivity contribution in [3.63, 3.8) is 0 Å². The molecule has 1 aromatic rings. The molecule has 0 aliphatic carbocycles. The summed E-state index contributed by atoms with van der Waals surface area (Å²) in [6.07, 6.45) is 2.63. The molecule has 1 N–H and O–H groups in total. The number of hydrogen-bond donors (Lipinski definition) is 1. The lowest BCUT2D eigenvalue weighted by molar-refractivity contribution is -0.141. The Kier molecular flexibility index (Phi) is 6.59. The maximum absolute atomic E-state index is 12.3. The van der Waals surface area contributed by atoms with Crippen LogP contribution in [0.5, 0.6) is 0 Å². The minimum absolute atomic E-state index is 0.390. The van der Waals surface area contributed by atoms with Crippen LogP contribution in [-0.2, 0) is 6.18 Å². The van der Waals surface area contributed by atoms with Gasteiger partial charge in [0.05, 0.1) is 0 Å². The summed E-state index contributed by atoms with van der Waals surface area (Å²) in [6, 6.07) is 2.25. The molecule has 19 heavy (non-hydrogen) atoms. The Balaban J connectivity index is 2.20. The Morgan fingerprint density at radius 2 is 1.68 bits per heavy atom. The second-order valence-corrected chi connectivity index (χ2v) is 4.50. The molecule has 0 saturated heterocycles. The lowest BCUT2D eigenvalue weighted by Crippen LogP contribution is -2.11. The van der Waals surface area contributed by atoms with E-state index in [2.05, 4.69) is 22.4 Å². The Hall–Kier alpha value is -1.33. The van der Waals surface area contributed by atoms with Crippen LogP contribution in [-0.4, -0.2) is 16.7 Å². The van der Waals surface area contributed by atoms with Crippen LogP contribution in [0.3, 0.4) is 0 Å². The Morgan fingerprint density at radius 3 is 2.26 bits per heavy atom. The van der Waals surface area contributed by atoms with E-state index in [1.807, 2.05) is 0 Å². The third-order valence-corrected chi connectivity index (χ3v) is 2.79. The van der Waals surface area contributed by atoms with Crippen molar-refractivity contribution < 1.29 is 13.2 Å². The molecule has 3 nitrogen and oxygen atoms in total. The molecule has 0 atom stereocenters. The molecular formula is C13H20F3N3. The van der Waals surface area contributed by atoms with Crippen LogP contribution in [0.25, 0.3) is 0 Å². The van der Waals surface area contributed by atoms with Crippen LogP contribution in [0.2, 0.25) is 0 Å². The highest BCUT2D eigenvalue weighted by molar-refractivity contribution is 5.33. The summed E-state index contributed by atoms with van der Waals surface area (Å²) in [5, 5.41) is 9.64. The molecule has 6 heteroatoms. The molecule has 0 aliphatic heterocycles. The maximum atomic E-state index is 12.3. The number of nitrogens with one attached hydrogen (secondary N) is 1. The van der Waals surface area contributed by atoms with Crippen LogP contribution in [0.15, 0.2) is 12.1 Å². The standard InChI is InChI=1S/C13H20F3N3/c1-2-3-4-5-6-7-10-17-12-9-8-11(18-19-12)13(14,15)16/h8-9H,2-7,10H2,1H3,(H,17,19). The van der Waals surface area contributed by atoms with Crippen molar-refractivity contribution >= 4 is 5.82 Å². The molecule has 0 radical (unpaired) electrons. The van der Waals surface area contributed by atoms with E-state index in [-0.39, 0.29) is 0 Å². The van der Waals surface area contributed by atoms with Gasteiger partial charge in [-0.2, -0.15) is 13.2 Å². The topological polar surface area (TPSA) is 37.8 Å². The molecule has 0 fully saturated rings. The van der Waals surface area contributed by atoms with E-state index < -0.39 is 11.9 Å². The fraction of sp³-hybridized carbons (Fsp3) is 0.692. The number of nitrogens with zero attached hydrogens (tertiary/aromatic N) is 2. The highest BCUT2D eigenvalue weighted by atomic mass is 19.4. The first kappa shape index (κ1) is 15.7. The number of rotatable bonds is 8. The lowest BCUT2D eigenvalue weighted by atomic mass is 10.1. The Morgan fingerprint density at radius 1 is 1.00 bits per heavy atom. The van der Waals surface area contributed by atoms with Crippen molar-refractivity contribution in [2.45, 2.75) is 51.6 Å². The second kappa shape index (κ2) is 7.96. The van der Waals surface area contributed by atoms with Gasteiger partial charge in [-0.1, -0.05) is 39.0 Å². The molecule has 0 unspecified atom stereocenters. The number of aromatic nitrogens is 2. The Labute approximate surface area is 111 Å². The van der Waals surface area contributed by atoms with Crippen LogP contribution >= 0.6 is 0 Å². The highest BCUT2D eigenvalue weighted by Crippen LogP contribution is 2.26. The van der Waals surface area contributed by atoms with E-state index in [0.29, 0.717) is 12.4 Å². The van der Waals surface area contributed by atoms with Crippen molar-refractivity contribution in [3.05, 3.63) is 17.8 Å². The number of alkyl halides is 3. The zero-order valence-corrected chi connectivity index (χ0v) is 11.1. The van der Waals surface area contributed by atoms with Crippen LogP contribution < -0.4 is 5.32 Å². The minimum atomic E-state index is -4.43. The summed E-state index contributed by atoms with van der Waals surface area (Å²) in [4.78, 5) is 0. The van der Waals surface area contributed by atoms with Crippen molar-refractivity contribution in [2.24, 2.45) is 0 Å². The largest absolute Gasteiger partial charge is 0.435 e. The highest BCUT2D eigenvalue weighted by Gasteiger charge is 2.32. The van der Waals surface area contributed by atoms with E-state index in [4.69, 9.17) is 0 Å². The van der Waals surface area contributed by atoms with Gasteiger partial charge in [0.1, 0.15) is 5.82 Å². The first-order chi connectivity index (χ1) is 9.04. The van der Waals surface area contributed by atoms with Gasteiger partial charge in [-0.25, -0.2) is 0 Å². The predicted molar refractivity (Wildman–Crippen MR) is 68.9 cm³/mol. The van der Waals surface area contributed by atoms with E-state index in [1.54, 1.807) is 0 Å². The molecule has 0 amide bonds. The molecule has 0 aliphatic rings. The average Bonchev–Trinajstić information content (AvgIpc) is 2.37. The van der Waals surface area contributed by atoms with Gasteiger partial charge in [-0.3, -0.25) is 0 Å². The van der Waals surface area contributed by atoms with Crippen LogP contribution in [0, 0.1) is 0 Å². The van der Waals surface area contributed by atoms with Crippen LogP contribution in [0.4, 0.5) is 19.0 Å². The van der Waals surface area contributed by atoms with Gasteiger partial charge in [0.2, 0.25) is 0 Å². The Bertz CT molecular complexity index is 349. The number of unbranched alkanes of at least 4 members (excludes halogenated alkanes) is 5. The molecule has 1 aromatic heterocycles. The summed E-state index contributed by atoms with van der Waals surface area (Å²) in [7, 11) is 0. The van der Waals surface area contributed by atoms with Gasteiger partial charge in [0.15, 0.2) is 5.69 Å². The fourth-order valence-corrected chi connectivity index (χ4v) is 1.70. The average molecular weight is 275 g/mol. The van der Waals surface area contributed by atoms with E-state index in [0.717, 1.165) is 18.9 Å². The normalized spacial score (nSPS) is 11.6. The van der Waals surface area contributed by atoms with Gasteiger partial charge >= 0.3 is 6.18 Å². The maximum Gasteiger partial charge on any atom is 0.435 e. The summed E-state index contributed by atoms with van der Waals surface area (Å²) in [5.74, 6) is 0.390. The van der Waals surface area contributed by atoms with Gasteiger partial charge in [-0.05, 0) is 18.6 Å². The smallest absolute Gasteiger partial charge is 0.369 e. The van der Waals surface area contributed by atoms with E-state index in [1.165, 1.54) is 31.7 Å². The molecule has 0 aromatic carbocycles. The van der Waals surface area contributed by atoms with Crippen molar-refractivity contribution in [3.8, 4) is 0 Å². The SMILES string of the molecule is CCCCCCCCNc1ccc(C(F)(F)F)nn1. The van der Waals surface area contributed by atoms with Crippen LogP contribution in [0.1, 0.15) is 51.1 Å². The van der Waals surface area contributed by atoms with Crippen molar-refractivity contribution in [1.29, 1.82) is 0 Å². The first-order valence-corrected chi connectivity index (χ1v) is 6.69. The zero-order valence-electron chi connectivity index (χ0n) is 11.1. The predicted octanol–water partition coefficient (Wildman–Crippen LogP) is 4.27. The third-order valence-electron chi connectivity index (χ3n) is 2.79. The lowest BCUT2D eigenvalue weighted by Gasteiger charge is -2.07. The molecule has 0 saturated carbocycles. The molecule has 0 bridgehead atoms. The van der Waals surface area contributed by atoms with Gasteiger partial charge in [-0.15, -0.1) is 10.2 Å². The van der Waals surface area contributed by atoms with Crippen molar-refractivity contribution in [2.75, 3.05) is 11.9 Å².